The van der Waals surface area contributed by atoms with Crippen molar-refractivity contribution in [2.45, 2.75) is 32.9 Å². The van der Waals surface area contributed by atoms with Crippen LogP contribution in [0.2, 0.25) is 0 Å². The molecule has 2 N–H and O–H groups in total. The molecule has 0 bridgehead atoms. The second-order valence-corrected chi connectivity index (χ2v) is 6.92. The minimum atomic E-state index is -0.275. The fourth-order valence-electron chi connectivity index (χ4n) is 2.67. The molecule has 26 heavy (non-hydrogen) atoms. The zero-order chi connectivity index (χ0) is 18.9. The molecule has 3 aromatic rings. The molecule has 0 aliphatic heterocycles. The molecule has 0 radical (unpaired) electrons. The van der Waals surface area contributed by atoms with Crippen molar-refractivity contribution in [1.29, 1.82) is 0 Å². The van der Waals surface area contributed by atoms with E-state index < -0.39 is 0 Å². The van der Waals surface area contributed by atoms with E-state index in [-0.39, 0.29) is 11.1 Å². The number of hydrogen-bond donors (Lipinski definition) is 2. The van der Waals surface area contributed by atoms with Crippen LogP contribution < -0.4 is 20.3 Å². The standard InChI is InChI=1S/C18H23N5O3/c1-18(2,3)23-15-12(10-20-23)16(24)22-17(21-15)19-9-11-6-7-13(25-4)14(8-11)26-5/h6-8,10H,9H2,1-5H3,(H2,19,21,22,24). The molecule has 0 fully saturated rings. The van der Waals surface area contributed by atoms with Gasteiger partial charge in [0.15, 0.2) is 17.1 Å². The summed E-state index contributed by atoms with van der Waals surface area (Å²) in [5.74, 6) is 1.70. The molecule has 138 valence electrons. The average molecular weight is 357 g/mol. The molecule has 0 saturated carbocycles. The van der Waals surface area contributed by atoms with Gasteiger partial charge in [0.2, 0.25) is 5.95 Å². The van der Waals surface area contributed by atoms with Gasteiger partial charge in [-0.3, -0.25) is 9.78 Å². The molecule has 0 atom stereocenters. The molecule has 3 rings (SSSR count). The van der Waals surface area contributed by atoms with Gasteiger partial charge in [0.05, 0.1) is 26.0 Å². The molecule has 0 spiro atoms. The van der Waals surface area contributed by atoms with Crippen LogP contribution in [-0.2, 0) is 12.1 Å². The maximum absolute atomic E-state index is 12.3. The smallest absolute Gasteiger partial charge is 0.263 e. The number of aromatic amines is 1. The van der Waals surface area contributed by atoms with Gasteiger partial charge in [-0.1, -0.05) is 6.07 Å². The second-order valence-electron chi connectivity index (χ2n) is 6.92. The topological polar surface area (TPSA) is 94.1 Å². The summed E-state index contributed by atoms with van der Waals surface area (Å²) in [6.45, 7) is 6.51. The fraction of sp³-hybridized carbons (Fsp3) is 0.389. The van der Waals surface area contributed by atoms with Gasteiger partial charge in [-0.25, -0.2) is 4.68 Å². The summed E-state index contributed by atoms with van der Waals surface area (Å²) in [6, 6.07) is 5.64. The highest BCUT2D eigenvalue weighted by Gasteiger charge is 2.19. The molecule has 0 aliphatic rings. The zero-order valence-electron chi connectivity index (χ0n) is 15.6. The molecule has 8 heteroatoms. The van der Waals surface area contributed by atoms with E-state index in [1.165, 1.54) is 0 Å². The van der Waals surface area contributed by atoms with Gasteiger partial charge >= 0.3 is 0 Å². The van der Waals surface area contributed by atoms with Gasteiger partial charge in [0.25, 0.3) is 5.56 Å². The predicted octanol–water partition coefficient (Wildman–Crippen LogP) is 2.50. The van der Waals surface area contributed by atoms with Gasteiger partial charge in [0, 0.05) is 6.54 Å². The van der Waals surface area contributed by atoms with Crippen molar-refractivity contribution >= 4 is 17.0 Å². The fourth-order valence-corrected chi connectivity index (χ4v) is 2.67. The monoisotopic (exact) mass is 357 g/mol. The Labute approximate surface area is 151 Å². The van der Waals surface area contributed by atoms with Crippen LogP contribution in [0.15, 0.2) is 29.2 Å². The maximum atomic E-state index is 12.3. The summed E-state index contributed by atoms with van der Waals surface area (Å²) >= 11 is 0. The number of H-pyrrole nitrogens is 1. The Morgan fingerprint density at radius 1 is 1.19 bits per heavy atom. The van der Waals surface area contributed by atoms with Crippen molar-refractivity contribution in [3.63, 3.8) is 0 Å². The summed E-state index contributed by atoms with van der Waals surface area (Å²) in [5.41, 5.74) is 1.02. The van der Waals surface area contributed by atoms with Crippen LogP contribution in [0.25, 0.3) is 11.0 Å². The highest BCUT2D eigenvalue weighted by Crippen LogP contribution is 2.27. The number of benzene rings is 1. The Balaban J connectivity index is 1.89. The quantitative estimate of drug-likeness (QED) is 0.729. The van der Waals surface area contributed by atoms with Crippen LogP contribution in [0.4, 0.5) is 5.95 Å². The number of ether oxygens (including phenoxy) is 2. The van der Waals surface area contributed by atoms with Crippen LogP contribution in [-0.4, -0.2) is 34.0 Å². The molecular weight excluding hydrogens is 334 g/mol. The van der Waals surface area contributed by atoms with Crippen molar-refractivity contribution in [2.75, 3.05) is 19.5 Å². The highest BCUT2D eigenvalue weighted by molar-refractivity contribution is 5.74. The first kappa shape index (κ1) is 17.8. The van der Waals surface area contributed by atoms with E-state index in [2.05, 4.69) is 20.4 Å². The predicted molar refractivity (Wildman–Crippen MR) is 100 cm³/mol. The number of rotatable bonds is 5. The van der Waals surface area contributed by atoms with Crippen LogP contribution in [0.5, 0.6) is 11.5 Å². The first-order valence-electron chi connectivity index (χ1n) is 8.27. The first-order valence-corrected chi connectivity index (χ1v) is 8.27. The first-order chi connectivity index (χ1) is 12.3. The van der Waals surface area contributed by atoms with Gasteiger partial charge < -0.3 is 14.8 Å². The number of anilines is 1. The number of hydrogen-bond acceptors (Lipinski definition) is 6. The lowest BCUT2D eigenvalue weighted by molar-refractivity contribution is 0.354. The van der Waals surface area contributed by atoms with Crippen LogP contribution >= 0.6 is 0 Å². The van der Waals surface area contributed by atoms with E-state index in [0.717, 1.165) is 5.56 Å². The Hall–Kier alpha value is -3.03. The minimum absolute atomic E-state index is 0.222. The molecule has 0 amide bonds. The third-order valence-electron chi connectivity index (χ3n) is 3.98. The largest absolute Gasteiger partial charge is 0.493 e. The van der Waals surface area contributed by atoms with E-state index in [1.807, 2.05) is 39.0 Å². The second kappa shape index (κ2) is 6.70. The van der Waals surface area contributed by atoms with Gasteiger partial charge in [-0.2, -0.15) is 10.1 Å². The van der Waals surface area contributed by atoms with Crippen molar-refractivity contribution in [3.8, 4) is 11.5 Å². The Bertz CT molecular complexity index is 985. The van der Waals surface area contributed by atoms with Crippen molar-refractivity contribution in [3.05, 3.63) is 40.3 Å². The van der Waals surface area contributed by atoms with Gasteiger partial charge in [0.1, 0.15) is 5.39 Å². The number of nitrogens with zero attached hydrogens (tertiary/aromatic N) is 3. The maximum Gasteiger partial charge on any atom is 0.263 e. The average Bonchev–Trinajstić information content (AvgIpc) is 3.04. The third-order valence-corrected chi connectivity index (χ3v) is 3.98. The number of methoxy groups -OCH3 is 2. The third kappa shape index (κ3) is 3.35. The molecule has 2 heterocycles. The Morgan fingerprint density at radius 2 is 1.92 bits per heavy atom. The minimum Gasteiger partial charge on any atom is -0.493 e. The summed E-state index contributed by atoms with van der Waals surface area (Å²) in [5, 5.41) is 7.92. The van der Waals surface area contributed by atoms with Crippen LogP contribution in [0.3, 0.4) is 0 Å². The van der Waals surface area contributed by atoms with Crippen LogP contribution in [0.1, 0.15) is 26.3 Å². The van der Waals surface area contributed by atoms with Crippen molar-refractivity contribution in [2.24, 2.45) is 0 Å². The van der Waals surface area contributed by atoms with Crippen molar-refractivity contribution in [1.82, 2.24) is 19.7 Å². The number of aromatic nitrogens is 4. The molecule has 0 aliphatic carbocycles. The SMILES string of the molecule is COc1ccc(CNc2nc3c(cnn3C(C)(C)C)c(=O)[nH]2)cc1OC. The van der Waals surface area contributed by atoms with Gasteiger partial charge in [-0.15, -0.1) is 0 Å². The number of nitrogens with one attached hydrogen (secondary N) is 2. The van der Waals surface area contributed by atoms with E-state index in [9.17, 15) is 4.79 Å². The summed E-state index contributed by atoms with van der Waals surface area (Å²) in [7, 11) is 3.19. The molecule has 2 aromatic heterocycles. The zero-order valence-corrected chi connectivity index (χ0v) is 15.6. The number of fused-ring (bicyclic) bond motifs is 1. The molecule has 1 aromatic carbocycles. The molecule has 8 nitrogen and oxygen atoms in total. The Morgan fingerprint density at radius 3 is 2.58 bits per heavy atom. The molecule has 0 unspecified atom stereocenters. The lowest BCUT2D eigenvalue weighted by Crippen LogP contribution is -2.24. The normalized spacial score (nSPS) is 11.6. The molecular formula is C18H23N5O3. The van der Waals surface area contributed by atoms with E-state index >= 15 is 0 Å². The lowest BCUT2D eigenvalue weighted by atomic mass is 10.1. The lowest BCUT2D eigenvalue weighted by Gasteiger charge is -2.19. The molecule has 0 saturated heterocycles. The van der Waals surface area contributed by atoms with E-state index in [0.29, 0.717) is 35.0 Å². The highest BCUT2D eigenvalue weighted by atomic mass is 16.5. The van der Waals surface area contributed by atoms with Crippen molar-refractivity contribution < 1.29 is 9.47 Å². The van der Waals surface area contributed by atoms with Crippen LogP contribution in [0, 0.1) is 0 Å². The Kier molecular flexibility index (Phi) is 4.58. The van der Waals surface area contributed by atoms with E-state index in [4.69, 9.17) is 9.47 Å². The summed E-state index contributed by atoms with van der Waals surface area (Å²) < 4.78 is 12.3. The van der Waals surface area contributed by atoms with E-state index in [1.54, 1.807) is 25.1 Å². The van der Waals surface area contributed by atoms with Gasteiger partial charge in [-0.05, 0) is 38.5 Å². The summed E-state index contributed by atoms with van der Waals surface area (Å²) in [4.78, 5) is 19.6. The summed E-state index contributed by atoms with van der Waals surface area (Å²) in [6.07, 6.45) is 1.55.